The summed E-state index contributed by atoms with van der Waals surface area (Å²) in [6.45, 7) is 6.36. The van der Waals surface area contributed by atoms with Crippen LogP contribution in [0.4, 0.5) is 0 Å². The van der Waals surface area contributed by atoms with Crippen LogP contribution in [0.2, 0.25) is 0 Å². The van der Waals surface area contributed by atoms with E-state index >= 15 is 0 Å². The second-order valence-electron chi connectivity index (χ2n) is 7.03. The molecule has 1 aliphatic carbocycles. The van der Waals surface area contributed by atoms with Crippen molar-refractivity contribution in [3.05, 3.63) is 82.6 Å². The van der Waals surface area contributed by atoms with Crippen molar-refractivity contribution in [3.8, 4) is 17.2 Å². The molecule has 1 unspecified atom stereocenters. The Morgan fingerprint density at radius 2 is 1.97 bits per heavy atom. The van der Waals surface area contributed by atoms with Crippen molar-refractivity contribution in [2.45, 2.75) is 30.5 Å². The summed E-state index contributed by atoms with van der Waals surface area (Å²) in [6, 6.07) is 5.27. The van der Waals surface area contributed by atoms with E-state index in [0.717, 1.165) is 10.9 Å². The van der Waals surface area contributed by atoms with Gasteiger partial charge in [0.05, 0.1) is 34.9 Å². The molecule has 1 heterocycles. The normalized spacial score (nSPS) is 17.2. The van der Waals surface area contributed by atoms with Gasteiger partial charge in [0.25, 0.3) is 5.56 Å². The Hall–Kier alpha value is -2.22. The maximum Gasteiger partial charge on any atom is 0.271 e. The first-order valence-corrected chi connectivity index (χ1v) is 12.3. The number of nitrogens with zero attached hydrogens (tertiary/aromatic N) is 2. The Morgan fingerprint density at radius 3 is 2.64 bits per heavy atom. The molecule has 8 heteroatoms. The molecule has 0 amide bonds. The molecule has 2 aromatic rings. The van der Waals surface area contributed by atoms with E-state index in [9.17, 15) is 4.79 Å². The highest BCUT2D eigenvalue weighted by Crippen LogP contribution is 2.29. The van der Waals surface area contributed by atoms with Crippen molar-refractivity contribution in [3.63, 3.8) is 0 Å². The first kappa shape index (κ1) is 27.0. The highest BCUT2D eigenvalue weighted by atomic mass is 79.9. The van der Waals surface area contributed by atoms with Gasteiger partial charge in [-0.2, -0.15) is 0 Å². The van der Waals surface area contributed by atoms with Crippen LogP contribution < -0.4 is 15.0 Å². The number of ether oxygens (including phenoxy) is 2. The van der Waals surface area contributed by atoms with Gasteiger partial charge < -0.3 is 9.47 Å². The number of thiol groups is 1. The van der Waals surface area contributed by atoms with E-state index in [4.69, 9.17) is 21.1 Å². The van der Waals surface area contributed by atoms with Gasteiger partial charge in [0.2, 0.25) is 0 Å². The molecule has 1 aromatic heterocycles. The number of benzene rings is 1. The molecule has 0 spiro atoms. The molecule has 0 bridgehead atoms. The standard InChI is InChI=1S/C23H23ClN2O3S.C2H5Br/c1-4-29-19-10-8-17(14-20(19)28-3)26-15-25-18(21(30)22(26)27)9-7-16-6-5-12-23(2,24)13-11-16;1-2-3/h5-15,30H,4H2,1-3H3;2H2,1H3/b9-7+;. The largest absolute Gasteiger partial charge is 0.493 e. The minimum absolute atomic E-state index is 0.248. The Bertz CT molecular complexity index is 1140. The number of aromatic nitrogens is 2. The molecule has 0 radical (unpaired) electrons. The molecular formula is C25H28BrClN2O3S. The monoisotopic (exact) mass is 550 g/mol. The SMILES string of the molecule is CCBr.CCOc1ccc(-n2cnc(/C=C/C3=CC=CC(C)(Cl)C=C3)c(S)c2=O)cc1OC. The van der Waals surface area contributed by atoms with Gasteiger partial charge in [-0.3, -0.25) is 9.36 Å². The lowest BCUT2D eigenvalue weighted by Gasteiger charge is -2.12. The highest BCUT2D eigenvalue weighted by molar-refractivity contribution is 9.09. The zero-order chi connectivity index (χ0) is 24.4. The van der Waals surface area contributed by atoms with Gasteiger partial charge in [0, 0.05) is 11.4 Å². The van der Waals surface area contributed by atoms with Gasteiger partial charge in [-0.1, -0.05) is 59.3 Å². The zero-order valence-corrected chi connectivity index (χ0v) is 22.3. The molecule has 1 aromatic carbocycles. The highest BCUT2D eigenvalue weighted by Gasteiger charge is 2.13. The fourth-order valence-electron chi connectivity index (χ4n) is 2.85. The zero-order valence-electron chi connectivity index (χ0n) is 19.1. The number of alkyl halides is 2. The van der Waals surface area contributed by atoms with Gasteiger partial charge in [-0.25, -0.2) is 4.98 Å². The van der Waals surface area contributed by atoms with E-state index in [1.807, 2.05) is 57.2 Å². The molecular weight excluding hydrogens is 524 g/mol. The maximum atomic E-state index is 12.9. The maximum absolute atomic E-state index is 12.9. The lowest BCUT2D eigenvalue weighted by molar-refractivity contribution is 0.311. The summed E-state index contributed by atoms with van der Waals surface area (Å²) >= 11 is 13.9. The van der Waals surface area contributed by atoms with Crippen molar-refractivity contribution in [1.82, 2.24) is 9.55 Å². The van der Waals surface area contributed by atoms with Crippen molar-refractivity contribution in [2.75, 3.05) is 19.0 Å². The first-order valence-electron chi connectivity index (χ1n) is 10.4. The van der Waals surface area contributed by atoms with Crippen LogP contribution in [0.3, 0.4) is 0 Å². The molecule has 0 N–H and O–H groups in total. The number of halogens is 2. The Balaban J connectivity index is 0.00000122. The van der Waals surface area contributed by atoms with Crippen LogP contribution >= 0.6 is 40.2 Å². The molecule has 1 atom stereocenters. The predicted molar refractivity (Wildman–Crippen MR) is 144 cm³/mol. The summed E-state index contributed by atoms with van der Waals surface area (Å²) in [7, 11) is 1.55. The summed E-state index contributed by atoms with van der Waals surface area (Å²) in [5, 5.41) is 1.06. The number of rotatable bonds is 6. The van der Waals surface area contributed by atoms with E-state index in [1.54, 1.807) is 31.4 Å². The summed E-state index contributed by atoms with van der Waals surface area (Å²) in [5.74, 6) is 1.15. The van der Waals surface area contributed by atoms with Crippen molar-refractivity contribution in [2.24, 2.45) is 0 Å². The van der Waals surface area contributed by atoms with Crippen LogP contribution in [0.5, 0.6) is 11.5 Å². The third-order valence-electron chi connectivity index (χ3n) is 4.45. The van der Waals surface area contributed by atoms with Gasteiger partial charge in [-0.05, 0) is 37.6 Å². The second kappa shape index (κ2) is 12.9. The van der Waals surface area contributed by atoms with E-state index in [-0.39, 0.29) is 10.5 Å². The number of hydrogen-bond donors (Lipinski definition) is 1. The van der Waals surface area contributed by atoms with Crippen LogP contribution in [-0.2, 0) is 0 Å². The van der Waals surface area contributed by atoms with Gasteiger partial charge in [0.15, 0.2) is 11.5 Å². The molecule has 176 valence electrons. The predicted octanol–water partition coefficient (Wildman–Crippen LogP) is 6.39. The summed E-state index contributed by atoms with van der Waals surface area (Å²) in [5.41, 5.74) is 1.75. The van der Waals surface area contributed by atoms with Gasteiger partial charge in [-0.15, -0.1) is 24.2 Å². The Labute approximate surface area is 214 Å². The second-order valence-corrected chi connectivity index (χ2v) is 9.42. The number of methoxy groups -OCH3 is 1. The summed E-state index contributed by atoms with van der Waals surface area (Å²) < 4.78 is 12.3. The van der Waals surface area contributed by atoms with Gasteiger partial charge in [0.1, 0.15) is 6.33 Å². The van der Waals surface area contributed by atoms with E-state index in [2.05, 4.69) is 33.5 Å². The molecule has 0 saturated heterocycles. The third kappa shape index (κ3) is 7.66. The topological polar surface area (TPSA) is 53.4 Å². The smallest absolute Gasteiger partial charge is 0.271 e. The van der Waals surface area contributed by atoms with Crippen molar-refractivity contribution in [1.29, 1.82) is 0 Å². The van der Waals surface area contributed by atoms with E-state index in [1.165, 1.54) is 10.9 Å². The Kier molecular flexibility index (Phi) is 10.5. The molecule has 0 aliphatic heterocycles. The van der Waals surface area contributed by atoms with Crippen LogP contribution in [0.1, 0.15) is 26.5 Å². The lowest BCUT2D eigenvalue weighted by Crippen LogP contribution is -2.20. The van der Waals surface area contributed by atoms with Crippen molar-refractivity contribution >= 4 is 46.2 Å². The van der Waals surface area contributed by atoms with E-state index in [0.29, 0.717) is 29.5 Å². The summed E-state index contributed by atoms with van der Waals surface area (Å²) in [6.07, 6.45) is 14.7. The molecule has 0 saturated carbocycles. The lowest BCUT2D eigenvalue weighted by atomic mass is 10.1. The third-order valence-corrected chi connectivity index (χ3v) is 5.12. The summed E-state index contributed by atoms with van der Waals surface area (Å²) in [4.78, 5) is 17.0. The van der Waals surface area contributed by atoms with E-state index < -0.39 is 4.87 Å². The fraction of sp³-hybridized carbons (Fsp3) is 0.280. The minimum atomic E-state index is -0.516. The fourth-order valence-corrected chi connectivity index (χ4v) is 3.22. The number of allylic oxidation sites excluding steroid dienone is 7. The van der Waals surface area contributed by atoms with Crippen LogP contribution in [0, 0.1) is 0 Å². The Morgan fingerprint density at radius 1 is 1.24 bits per heavy atom. The molecule has 5 nitrogen and oxygen atoms in total. The average Bonchev–Trinajstić information content (AvgIpc) is 2.96. The van der Waals surface area contributed by atoms with Crippen molar-refractivity contribution < 1.29 is 9.47 Å². The molecule has 33 heavy (non-hydrogen) atoms. The van der Waals surface area contributed by atoms with Crippen LogP contribution in [0.15, 0.2) is 76.2 Å². The van der Waals surface area contributed by atoms with Crippen LogP contribution in [-0.4, -0.2) is 33.5 Å². The first-order chi connectivity index (χ1) is 15.8. The molecule has 0 fully saturated rings. The quantitative estimate of drug-likeness (QED) is 0.334. The average molecular weight is 552 g/mol. The minimum Gasteiger partial charge on any atom is -0.493 e. The van der Waals surface area contributed by atoms with Gasteiger partial charge >= 0.3 is 0 Å². The number of hydrogen-bond acceptors (Lipinski definition) is 5. The molecule has 3 rings (SSSR count). The molecule has 1 aliphatic rings. The van der Waals surface area contributed by atoms with Crippen LogP contribution in [0.25, 0.3) is 11.8 Å².